The van der Waals surface area contributed by atoms with Crippen molar-refractivity contribution in [2.45, 2.75) is 32.9 Å². The fourth-order valence-corrected chi connectivity index (χ4v) is 3.05. The molecular formula is C16H23N3O2. The highest BCUT2D eigenvalue weighted by molar-refractivity contribution is 6.01. The van der Waals surface area contributed by atoms with E-state index < -0.39 is 6.10 Å². The van der Waals surface area contributed by atoms with E-state index in [2.05, 4.69) is 16.3 Å². The van der Waals surface area contributed by atoms with Crippen LogP contribution in [0, 0.1) is 0 Å². The molecule has 2 aliphatic heterocycles. The molecule has 0 radical (unpaired) electrons. The van der Waals surface area contributed by atoms with E-state index in [0.29, 0.717) is 0 Å². The Morgan fingerprint density at radius 2 is 1.90 bits per heavy atom. The Morgan fingerprint density at radius 1 is 1.24 bits per heavy atom. The summed E-state index contributed by atoms with van der Waals surface area (Å²) < 4.78 is 5.96. The van der Waals surface area contributed by atoms with Crippen LogP contribution in [0.1, 0.15) is 20.8 Å². The highest BCUT2D eigenvalue weighted by atomic mass is 16.5. The summed E-state index contributed by atoms with van der Waals surface area (Å²) in [5.41, 5.74) is 1.99. The number of para-hydroxylation sites is 1. The van der Waals surface area contributed by atoms with Gasteiger partial charge in [-0.25, -0.2) is 0 Å². The van der Waals surface area contributed by atoms with Gasteiger partial charge < -0.3 is 19.9 Å². The molecule has 1 atom stereocenters. The minimum absolute atomic E-state index is 0.0370. The number of fused-ring (bicyclic) bond motifs is 1. The largest absolute Gasteiger partial charge is 0.476 e. The lowest BCUT2D eigenvalue weighted by molar-refractivity contribution is -0.125. The highest BCUT2D eigenvalue weighted by Gasteiger charge is 2.35. The summed E-state index contributed by atoms with van der Waals surface area (Å²) in [5, 5.41) is 3.36. The van der Waals surface area contributed by atoms with Gasteiger partial charge in [-0.15, -0.1) is 0 Å². The Hall–Kier alpha value is -1.75. The predicted octanol–water partition coefficient (Wildman–Crippen LogP) is 1.62. The van der Waals surface area contributed by atoms with E-state index in [1.54, 1.807) is 0 Å². The van der Waals surface area contributed by atoms with Gasteiger partial charge in [0.15, 0.2) is 11.9 Å². The van der Waals surface area contributed by atoms with Gasteiger partial charge in [0.2, 0.25) is 0 Å². The number of nitrogens with zero attached hydrogens (tertiary/aromatic N) is 2. The molecule has 1 N–H and O–H groups in total. The second-order valence-electron chi connectivity index (χ2n) is 5.92. The van der Waals surface area contributed by atoms with E-state index in [4.69, 9.17) is 4.74 Å². The maximum absolute atomic E-state index is 12.4. The number of hydrogen-bond donors (Lipinski definition) is 1. The van der Waals surface area contributed by atoms with Crippen LogP contribution in [-0.4, -0.2) is 44.2 Å². The van der Waals surface area contributed by atoms with Gasteiger partial charge in [-0.05, 0) is 32.9 Å². The lowest BCUT2D eigenvalue weighted by Crippen LogP contribution is -2.49. The number of hydrogen-bond acceptors (Lipinski definition) is 4. The molecule has 3 rings (SSSR count). The Labute approximate surface area is 125 Å². The third kappa shape index (κ3) is 2.46. The van der Waals surface area contributed by atoms with Crippen molar-refractivity contribution in [3.05, 3.63) is 18.2 Å². The number of rotatable bonds is 2. The zero-order valence-corrected chi connectivity index (χ0v) is 12.9. The highest BCUT2D eigenvalue weighted by Crippen LogP contribution is 2.42. The smallest absolute Gasteiger partial charge is 0.268 e. The van der Waals surface area contributed by atoms with Crippen LogP contribution in [0.2, 0.25) is 0 Å². The van der Waals surface area contributed by atoms with Gasteiger partial charge >= 0.3 is 0 Å². The third-order valence-corrected chi connectivity index (χ3v) is 4.09. The fourth-order valence-electron chi connectivity index (χ4n) is 3.05. The van der Waals surface area contributed by atoms with Gasteiger partial charge in [-0.2, -0.15) is 0 Å². The first-order valence-electron chi connectivity index (χ1n) is 7.68. The van der Waals surface area contributed by atoms with Crippen molar-refractivity contribution in [1.29, 1.82) is 0 Å². The van der Waals surface area contributed by atoms with Gasteiger partial charge in [0.1, 0.15) is 0 Å². The second kappa shape index (κ2) is 5.56. The van der Waals surface area contributed by atoms with E-state index >= 15 is 0 Å². The molecule has 5 nitrogen and oxygen atoms in total. The van der Waals surface area contributed by atoms with Crippen LogP contribution in [0.4, 0.5) is 11.4 Å². The number of ether oxygens (including phenoxy) is 1. The van der Waals surface area contributed by atoms with Crippen LogP contribution in [-0.2, 0) is 4.79 Å². The summed E-state index contributed by atoms with van der Waals surface area (Å²) in [6.07, 6.45) is -0.427. The molecule has 1 unspecified atom stereocenters. The first-order valence-corrected chi connectivity index (χ1v) is 7.68. The predicted molar refractivity (Wildman–Crippen MR) is 84.2 cm³/mol. The molecule has 1 amide bonds. The summed E-state index contributed by atoms with van der Waals surface area (Å²) in [5.74, 6) is 0.884. The Morgan fingerprint density at radius 3 is 2.57 bits per heavy atom. The summed E-state index contributed by atoms with van der Waals surface area (Å²) in [6.45, 7) is 9.79. The van der Waals surface area contributed by atoms with Crippen LogP contribution in [0.3, 0.4) is 0 Å². The van der Waals surface area contributed by atoms with Gasteiger partial charge in [0, 0.05) is 32.2 Å². The van der Waals surface area contributed by atoms with Crippen molar-refractivity contribution in [1.82, 2.24) is 5.32 Å². The van der Waals surface area contributed by atoms with Crippen LogP contribution in [0.15, 0.2) is 18.2 Å². The second-order valence-corrected chi connectivity index (χ2v) is 5.92. The molecule has 0 spiro atoms. The van der Waals surface area contributed by atoms with E-state index in [9.17, 15) is 4.79 Å². The number of nitrogens with one attached hydrogen (secondary N) is 1. The van der Waals surface area contributed by atoms with Crippen molar-refractivity contribution < 1.29 is 9.53 Å². The lowest BCUT2D eigenvalue weighted by Gasteiger charge is -2.39. The molecule has 1 aromatic rings. The minimum atomic E-state index is -0.427. The third-order valence-electron chi connectivity index (χ3n) is 4.09. The first-order chi connectivity index (χ1) is 10.1. The minimum Gasteiger partial charge on any atom is -0.476 e. The van der Waals surface area contributed by atoms with E-state index in [0.717, 1.165) is 43.3 Å². The molecule has 21 heavy (non-hydrogen) atoms. The molecule has 0 aromatic heterocycles. The zero-order valence-electron chi connectivity index (χ0n) is 12.9. The summed E-state index contributed by atoms with van der Waals surface area (Å²) in [7, 11) is 0. The van der Waals surface area contributed by atoms with Gasteiger partial charge in [-0.1, -0.05) is 6.07 Å². The number of piperazine rings is 1. The fraction of sp³-hybridized carbons (Fsp3) is 0.562. The van der Waals surface area contributed by atoms with Crippen molar-refractivity contribution in [2.24, 2.45) is 0 Å². The topological polar surface area (TPSA) is 44.8 Å². The van der Waals surface area contributed by atoms with Crippen molar-refractivity contribution in [3.8, 4) is 5.75 Å². The van der Waals surface area contributed by atoms with Crippen LogP contribution in [0.25, 0.3) is 0 Å². The maximum Gasteiger partial charge on any atom is 0.268 e. The average Bonchev–Trinajstić information content (AvgIpc) is 2.48. The van der Waals surface area contributed by atoms with Crippen LogP contribution >= 0.6 is 0 Å². The summed E-state index contributed by atoms with van der Waals surface area (Å²) in [6, 6.07) is 6.20. The molecule has 0 aliphatic carbocycles. The van der Waals surface area contributed by atoms with E-state index in [-0.39, 0.29) is 11.9 Å². The normalized spacial score (nSPS) is 22.3. The molecule has 2 heterocycles. The maximum atomic E-state index is 12.4. The van der Waals surface area contributed by atoms with Crippen molar-refractivity contribution >= 4 is 17.3 Å². The molecule has 114 valence electrons. The Balaban J connectivity index is 2.04. The Bertz CT molecular complexity index is 538. The van der Waals surface area contributed by atoms with Crippen molar-refractivity contribution in [3.63, 3.8) is 0 Å². The molecular weight excluding hydrogens is 266 g/mol. The van der Waals surface area contributed by atoms with E-state index in [1.807, 2.05) is 37.8 Å². The average molecular weight is 289 g/mol. The Kier molecular flexibility index (Phi) is 3.76. The standard InChI is InChI=1S/C16H23N3O2/c1-11(2)19-14-6-4-5-13(18-9-7-17-8-10-18)15(14)21-12(3)16(19)20/h4-6,11-12,17H,7-10H2,1-3H3. The quantitative estimate of drug-likeness (QED) is 0.898. The van der Waals surface area contributed by atoms with Crippen LogP contribution < -0.4 is 19.9 Å². The molecule has 1 fully saturated rings. The first kappa shape index (κ1) is 14.2. The van der Waals surface area contributed by atoms with Crippen LogP contribution in [0.5, 0.6) is 5.75 Å². The lowest BCUT2D eigenvalue weighted by atomic mass is 10.1. The van der Waals surface area contributed by atoms with Gasteiger partial charge in [0.05, 0.1) is 11.4 Å². The molecule has 5 heteroatoms. The molecule has 0 saturated carbocycles. The number of amides is 1. The molecule has 1 aromatic carbocycles. The molecule has 2 aliphatic rings. The van der Waals surface area contributed by atoms with E-state index in [1.165, 1.54) is 0 Å². The zero-order chi connectivity index (χ0) is 15.0. The van der Waals surface area contributed by atoms with Crippen molar-refractivity contribution in [2.75, 3.05) is 36.0 Å². The number of carbonyl (C=O) groups is 1. The van der Waals surface area contributed by atoms with Gasteiger partial charge in [0.25, 0.3) is 5.91 Å². The monoisotopic (exact) mass is 289 g/mol. The number of carbonyl (C=O) groups excluding carboxylic acids is 1. The van der Waals surface area contributed by atoms with Gasteiger partial charge in [-0.3, -0.25) is 4.79 Å². The number of anilines is 2. The molecule has 0 bridgehead atoms. The number of benzene rings is 1. The molecule has 1 saturated heterocycles. The summed E-state index contributed by atoms with van der Waals surface area (Å²) >= 11 is 0. The SMILES string of the molecule is CC1Oc2c(N3CCNCC3)cccc2N(C(C)C)C1=O. The summed E-state index contributed by atoms with van der Waals surface area (Å²) in [4.78, 5) is 16.6.